The Bertz CT molecular complexity index is 471. The third-order valence-electron chi connectivity index (χ3n) is 4.41. The summed E-state index contributed by atoms with van der Waals surface area (Å²) in [4.78, 5) is 13.7. The molecular weight excluding hydrogens is 254 g/mol. The first-order valence-electron chi connectivity index (χ1n) is 7.21. The van der Waals surface area contributed by atoms with Gasteiger partial charge in [-0.3, -0.25) is 9.69 Å². The molecule has 1 saturated heterocycles. The molecule has 1 heterocycles. The summed E-state index contributed by atoms with van der Waals surface area (Å²) in [5.41, 5.74) is 0.364. The minimum absolute atomic E-state index is 0.168. The van der Waals surface area contributed by atoms with Gasteiger partial charge < -0.3 is 10.2 Å². The topological polar surface area (TPSA) is 60.8 Å². The van der Waals surface area contributed by atoms with Gasteiger partial charge in [-0.25, -0.2) is 0 Å². The van der Waals surface area contributed by atoms with Gasteiger partial charge in [0.1, 0.15) is 11.3 Å². The number of carboxylic acid groups (broad SMARTS) is 1. The lowest BCUT2D eigenvalue weighted by Gasteiger charge is -2.45. The van der Waals surface area contributed by atoms with Crippen LogP contribution in [0.4, 0.5) is 0 Å². The molecule has 1 aliphatic heterocycles. The molecule has 2 unspecified atom stereocenters. The van der Waals surface area contributed by atoms with Gasteiger partial charge in [0.15, 0.2) is 0 Å². The molecule has 2 N–H and O–H groups in total. The van der Waals surface area contributed by atoms with Crippen LogP contribution in [-0.4, -0.2) is 39.2 Å². The van der Waals surface area contributed by atoms with Crippen LogP contribution >= 0.6 is 0 Å². The van der Waals surface area contributed by atoms with Gasteiger partial charge in [-0.1, -0.05) is 12.1 Å². The number of carbonyl (C=O) groups is 1. The fraction of sp³-hybridized carbons (Fsp3) is 0.562. The van der Waals surface area contributed by atoms with E-state index in [1.54, 1.807) is 12.1 Å². The first kappa shape index (κ1) is 14.9. The molecule has 0 aromatic heterocycles. The summed E-state index contributed by atoms with van der Waals surface area (Å²) >= 11 is 0. The van der Waals surface area contributed by atoms with Gasteiger partial charge in [0.2, 0.25) is 0 Å². The number of piperidine rings is 1. The maximum atomic E-state index is 11.6. The molecule has 110 valence electrons. The highest BCUT2D eigenvalue weighted by Gasteiger charge is 2.43. The maximum absolute atomic E-state index is 11.6. The zero-order valence-electron chi connectivity index (χ0n) is 12.2. The van der Waals surface area contributed by atoms with Crippen molar-refractivity contribution in [2.45, 2.75) is 51.1 Å². The summed E-state index contributed by atoms with van der Waals surface area (Å²) in [7, 11) is 0. The number of phenols is 1. The number of aromatic hydroxyl groups is 1. The number of aliphatic carboxylic acids is 1. The molecule has 0 saturated carbocycles. The minimum Gasteiger partial charge on any atom is -0.508 e. The number of likely N-dealkylation sites (tertiary alicyclic amines) is 1. The molecule has 2 rings (SSSR count). The smallest absolute Gasteiger partial charge is 0.323 e. The van der Waals surface area contributed by atoms with Crippen LogP contribution in [0.15, 0.2) is 24.3 Å². The third-order valence-corrected chi connectivity index (χ3v) is 4.41. The van der Waals surface area contributed by atoms with Gasteiger partial charge in [-0.05, 0) is 63.8 Å². The van der Waals surface area contributed by atoms with Gasteiger partial charge in [0.25, 0.3) is 0 Å². The van der Waals surface area contributed by atoms with Crippen molar-refractivity contribution in [3.63, 3.8) is 0 Å². The van der Waals surface area contributed by atoms with Gasteiger partial charge in [-0.2, -0.15) is 0 Å². The zero-order valence-corrected chi connectivity index (χ0v) is 12.2. The number of carboxylic acids is 1. The number of hydrogen-bond acceptors (Lipinski definition) is 3. The second kappa shape index (κ2) is 5.83. The van der Waals surface area contributed by atoms with Crippen molar-refractivity contribution in [1.29, 1.82) is 0 Å². The first-order valence-corrected chi connectivity index (χ1v) is 7.21. The van der Waals surface area contributed by atoms with E-state index in [4.69, 9.17) is 0 Å². The second-order valence-electron chi connectivity index (χ2n) is 5.95. The Labute approximate surface area is 120 Å². The summed E-state index contributed by atoms with van der Waals surface area (Å²) in [5.74, 6) is -0.468. The van der Waals surface area contributed by atoms with Crippen molar-refractivity contribution >= 4 is 5.97 Å². The molecule has 0 bridgehead atoms. The molecule has 2 atom stereocenters. The van der Waals surface area contributed by atoms with Crippen LogP contribution in [0.1, 0.15) is 38.7 Å². The molecule has 1 aromatic rings. The molecule has 0 amide bonds. The molecule has 4 heteroatoms. The van der Waals surface area contributed by atoms with Crippen molar-refractivity contribution in [2.24, 2.45) is 0 Å². The Kier molecular flexibility index (Phi) is 4.33. The van der Waals surface area contributed by atoms with Crippen LogP contribution in [0.2, 0.25) is 0 Å². The molecule has 1 aliphatic rings. The number of nitrogens with zero attached hydrogens (tertiary/aromatic N) is 1. The SMILES string of the molecule is CC(Cc1ccc(O)cc1)N1CCCCC1(C)C(=O)O. The highest BCUT2D eigenvalue weighted by atomic mass is 16.4. The predicted molar refractivity (Wildman–Crippen MR) is 77.9 cm³/mol. The van der Waals surface area contributed by atoms with Crippen LogP contribution in [0.5, 0.6) is 5.75 Å². The Morgan fingerprint density at radius 3 is 2.60 bits per heavy atom. The molecule has 0 spiro atoms. The quantitative estimate of drug-likeness (QED) is 0.888. The van der Waals surface area contributed by atoms with E-state index in [0.717, 1.165) is 31.4 Å². The van der Waals surface area contributed by atoms with Crippen molar-refractivity contribution < 1.29 is 15.0 Å². The molecule has 0 radical (unpaired) electrons. The standard InChI is InChI=1S/C16H23NO3/c1-12(11-13-5-7-14(18)8-6-13)17-10-4-3-9-16(17,2)15(19)20/h5-8,12,18H,3-4,9-11H2,1-2H3,(H,19,20). The number of phenolic OH excluding ortho intramolecular Hbond substituents is 1. The van der Waals surface area contributed by atoms with E-state index >= 15 is 0 Å². The number of rotatable bonds is 4. The lowest BCUT2D eigenvalue weighted by Crippen LogP contribution is -2.58. The van der Waals surface area contributed by atoms with Gasteiger partial charge >= 0.3 is 5.97 Å². The van der Waals surface area contributed by atoms with E-state index in [0.29, 0.717) is 6.42 Å². The van der Waals surface area contributed by atoms with E-state index in [1.807, 2.05) is 19.1 Å². The lowest BCUT2D eigenvalue weighted by molar-refractivity contribution is -0.154. The van der Waals surface area contributed by atoms with Crippen molar-refractivity contribution in [1.82, 2.24) is 4.90 Å². The molecule has 4 nitrogen and oxygen atoms in total. The Balaban J connectivity index is 2.12. The largest absolute Gasteiger partial charge is 0.508 e. The van der Waals surface area contributed by atoms with Crippen LogP contribution in [0.3, 0.4) is 0 Å². The van der Waals surface area contributed by atoms with Crippen LogP contribution < -0.4 is 0 Å². The van der Waals surface area contributed by atoms with Crippen molar-refractivity contribution in [3.05, 3.63) is 29.8 Å². The van der Waals surface area contributed by atoms with E-state index in [-0.39, 0.29) is 11.8 Å². The van der Waals surface area contributed by atoms with E-state index in [1.165, 1.54) is 0 Å². The summed E-state index contributed by atoms with van der Waals surface area (Å²) < 4.78 is 0. The second-order valence-corrected chi connectivity index (χ2v) is 5.95. The Morgan fingerprint density at radius 2 is 2.00 bits per heavy atom. The van der Waals surface area contributed by atoms with Crippen molar-refractivity contribution in [3.8, 4) is 5.75 Å². The molecule has 1 aromatic carbocycles. The summed E-state index contributed by atoms with van der Waals surface area (Å²) in [6.45, 7) is 4.75. The predicted octanol–water partition coefficient (Wildman–Crippen LogP) is 2.65. The van der Waals surface area contributed by atoms with E-state index in [9.17, 15) is 15.0 Å². The summed E-state index contributed by atoms with van der Waals surface area (Å²) in [6, 6.07) is 7.31. The fourth-order valence-corrected chi connectivity index (χ4v) is 3.16. The van der Waals surface area contributed by atoms with Crippen LogP contribution in [-0.2, 0) is 11.2 Å². The fourth-order valence-electron chi connectivity index (χ4n) is 3.16. The van der Waals surface area contributed by atoms with Gasteiger partial charge in [0, 0.05) is 6.04 Å². The minimum atomic E-state index is -0.755. The summed E-state index contributed by atoms with van der Waals surface area (Å²) in [6.07, 6.45) is 3.54. The highest BCUT2D eigenvalue weighted by molar-refractivity contribution is 5.78. The van der Waals surface area contributed by atoms with Crippen molar-refractivity contribution in [2.75, 3.05) is 6.54 Å². The molecule has 1 fully saturated rings. The summed E-state index contributed by atoms with van der Waals surface area (Å²) in [5, 5.41) is 18.9. The molecular formula is C16H23NO3. The van der Waals surface area contributed by atoms with Crippen LogP contribution in [0.25, 0.3) is 0 Å². The molecule has 0 aliphatic carbocycles. The Morgan fingerprint density at radius 1 is 1.35 bits per heavy atom. The average Bonchev–Trinajstić information content (AvgIpc) is 2.41. The van der Waals surface area contributed by atoms with Crippen LogP contribution in [0, 0.1) is 0 Å². The number of benzene rings is 1. The lowest BCUT2D eigenvalue weighted by atomic mass is 9.86. The van der Waals surface area contributed by atoms with Gasteiger partial charge in [0.05, 0.1) is 0 Å². The van der Waals surface area contributed by atoms with Gasteiger partial charge in [-0.15, -0.1) is 0 Å². The monoisotopic (exact) mass is 277 g/mol. The van der Waals surface area contributed by atoms with E-state index in [2.05, 4.69) is 11.8 Å². The average molecular weight is 277 g/mol. The molecule has 20 heavy (non-hydrogen) atoms. The first-order chi connectivity index (χ1) is 9.43. The zero-order chi connectivity index (χ0) is 14.8. The maximum Gasteiger partial charge on any atom is 0.323 e. The Hall–Kier alpha value is -1.55. The van der Waals surface area contributed by atoms with E-state index < -0.39 is 11.5 Å². The highest BCUT2D eigenvalue weighted by Crippen LogP contribution is 2.31. The number of hydrogen-bond donors (Lipinski definition) is 2. The normalized spacial score (nSPS) is 25.3. The third kappa shape index (κ3) is 2.96.